The van der Waals surface area contributed by atoms with Crippen LogP contribution in [0.3, 0.4) is 0 Å². The first-order valence-electron chi connectivity index (χ1n) is 10.9. The van der Waals surface area contributed by atoms with Crippen LogP contribution in [0.25, 0.3) is 0 Å². The minimum absolute atomic E-state index is 0.0641. The Morgan fingerprint density at radius 2 is 2.12 bits per heavy atom. The zero-order valence-electron chi connectivity index (χ0n) is 18.1. The molecule has 3 aliphatic rings. The molecule has 174 valence electrons. The molecular weight excluding hydrogens is 452 g/mol. The minimum Gasteiger partial charge on any atom is -0.381 e. The molecule has 3 aliphatic heterocycles. The summed E-state index contributed by atoms with van der Waals surface area (Å²) in [7, 11) is 1.72. The highest BCUT2D eigenvalue weighted by Gasteiger charge is 2.32. The van der Waals surface area contributed by atoms with Gasteiger partial charge >= 0.3 is 0 Å². The first kappa shape index (κ1) is 23.4. The fourth-order valence-corrected chi connectivity index (χ4v) is 5.30. The first-order valence-corrected chi connectivity index (χ1v) is 12.5. The summed E-state index contributed by atoms with van der Waals surface area (Å²) in [6.07, 6.45) is 2.73. The number of hydrogen-bond acceptors (Lipinski definition) is 7. The predicted octanol–water partition coefficient (Wildman–Crippen LogP) is 2.46. The molecule has 2 saturated heterocycles. The lowest BCUT2D eigenvalue weighted by Crippen LogP contribution is -2.39. The van der Waals surface area contributed by atoms with Crippen molar-refractivity contribution in [3.63, 3.8) is 0 Å². The normalized spacial score (nSPS) is 23.8. The number of anilines is 1. The number of ether oxygens (including phenoxy) is 2. The molecule has 3 heterocycles. The van der Waals surface area contributed by atoms with Gasteiger partial charge in [0.2, 0.25) is 5.91 Å². The Bertz CT molecular complexity index is 877. The molecular formula is C22H29ClN4O4S. The van der Waals surface area contributed by atoms with Gasteiger partial charge in [0.15, 0.2) is 5.17 Å². The van der Waals surface area contributed by atoms with Gasteiger partial charge in [-0.1, -0.05) is 17.8 Å². The van der Waals surface area contributed by atoms with Gasteiger partial charge in [0.1, 0.15) is 6.04 Å². The predicted molar refractivity (Wildman–Crippen MR) is 127 cm³/mol. The molecule has 32 heavy (non-hydrogen) atoms. The molecule has 2 amide bonds. The van der Waals surface area contributed by atoms with E-state index < -0.39 is 6.04 Å². The van der Waals surface area contributed by atoms with Gasteiger partial charge in [0, 0.05) is 51.1 Å². The van der Waals surface area contributed by atoms with Gasteiger partial charge in [0.05, 0.1) is 17.4 Å². The smallest absolute Gasteiger partial charge is 0.253 e. The monoisotopic (exact) mass is 480 g/mol. The highest BCUT2D eigenvalue weighted by molar-refractivity contribution is 8.14. The van der Waals surface area contributed by atoms with Crippen LogP contribution >= 0.6 is 23.4 Å². The fourth-order valence-electron chi connectivity index (χ4n) is 4.06. The van der Waals surface area contributed by atoms with Gasteiger partial charge in [-0.2, -0.15) is 0 Å². The van der Waals surface area contributed by atoms with Crippen molar-refractivity contribution in [3.05, 3.63) is 29.3 Å². The first-order chi connectivity index (χ1) is 15.6. The number of likely N-dealkylation sites (tertiary alicyclic amines) is 1. The second-order valence-corrected chi connectivity index (χ2v) is 9.45. The van der Waals surface area contributed by atoms with Crippen molar-refractivity contribution in [1.82, 2.24) is 10.2 Å². The van der Waals surface area contributed by atoms with Crippen LogP contribution in [0.2, 0.25) is 0 Å². The van der Waals surface area contributed by atoms with Crippen LogP contribution in [0, 0.1) is 0 Å². The molecule has 0 radical (unpaired) electrons. The minimum atomic E-state index is -0.490. The molecule has 10 heteroatoms. The number of amides is 2. The van der Waals surface area contributed by atoms with Crippen molar-refractivity contribution in [2.75, 3.05) is 44.5 Å². The van der Waals surface area contributed by atoms with Crippen molar-refractivity contribution in [2.24, 2.45) is 4.99 Å². The SMILES string of the molecule is CO[C@H]1CCN(C2=NC(C(=O)Nc3ccc(CCl)cc3C(=O)NC3CCOCC3)CS2)C1. The van der Waals surface area contributed by atoms with Gasteiger partial charge < -0.3 is 25.0 Å². The van der Waals surface area contributed by atoms with E-state index in [4.69, 9.17) is 21.1 Å². The van der Waals surface area contributed by atoms with E-state index in [9.17, 15) is 9.59 Å². The summed E-state index contributed by atoms with van der Waals surface area (Å²) in [4.78, 5) is 32.8. The van der Waals surface area contributed by atoms with Crippen molar-refractivity contribution in [2.45, 2.75) is 43.3 Å². The Labute approximate surface area is 197 Å². The number of nitrogens with one attached hydrogen (secondary N) is 2. The lowest BCUT2D eigenvalue weighted by Gasteiger charge is -2.24. The summed E-state index contributed by atoms with van der Waals surface area (Å²) in [5.41, 5.74) is 1.71. The Morgan fingerprint density at radius 1 is 1.31 bits per heavy atom. The lowest BCUT2D eigenvalue weighted by molar-refractivity contribution is -0.116. The van der Waals surface area contributed by atoms with Crippen LogP contribution in [-0.2, 0) is 20.1 Å². The maximum Gasteiger partial charge on any atom is 0.253 e. The quantitative estimate of drug-likeness (QED) is 0.608. The maximum atomic E-state index is 13.0. The molecule has 8 nitrogen and oxygen atoms in total. The van der Waals surface area contributed by atoms with Gasteiger partial charge in [-0.3, -0.25) is 9.59 Å². The van der Waals surface area contributed by atoms with Crippen LogP contribution in [0.15, 0.2) is 23.2 Å². The molecule has 0 aromatic heterocycles. The van der Waals surface area contributed by atoms with E-state index in [0.717, 1.165) is 43.1 Å². The lowest BCUT2D eigenvalue weighted by atomic mass is 10.1. The number of methoxy groups -OCH3 is 1. The molecule has 1 aromatic carbocycles. The Hall–Kier alpha value is -1.81. The number of carbonyl (C=O) groups is 2. The number of nitrogens with zero attached hydrogens (tertiary/aromatic N) is 2. The summed E-state index contributed by atoms with van der Waals surface area (Å²) in [6.45, 7) is 2.96. The zero-order chi connectivity index (χ0) is 22.5. The van der Waals surface area contributed by atoms with Crippen molar-refractivity contribution >= 4 is 46.0 Å². The number of aliphatic imine (C=N–C) groups is 1. The highest BCUT2D eigenvalue weighted by Crippen LogP contribution is 2.26. The second kappa shape index (κ2) is 10.9. The Kier molecular flexibility index (Phi) is 7.93. The molecule has 1 unspecified atom stereocenters. The standard InChI is InChI=1S/C22H29ClN4O4S/c1-30-16-4-7-27(12-16)22-26-19(13-32-22)21(29)25-18-3-2-14(11-23)10-17(18)20(28)24-15-5-8-31-9-6-15/h2-3,10,15-16,19H,4-9,11-13H2,1H3,(H,24,28)(H,25,29)/t16-,19?/m0/s1. The van der Waals surface area contributed by atoms with E-state index in [1.54, 1.807) is 31.0 Å². The third-order valence-corrected chi connectivity index (χ3v) is 7.40. The molecule has 0 bridgehead atoms. The highest BCUT2D eigenvalue weighted by atomic mass is 35.5. The number of carbonyl (C=O) groups excluding carboxylic acids is 2. The van der Waals surface area contributed by atoms with Gasteiger partial charge in [0.25, 0.3) is 5.91 Å². The molecule has 2 N–H and O–H groups in total. The van der Waals surface area contributed by atoms with E-state index in [2.05, 4.69) is 20.5 Å². The summed E-state index contributed by atoms with van der Waals surface area (Å²) < 4.78 is 10.8. The van der Waals surface area contributed by atoms with E-state index >= 15 is 0 Å². The summed E-state index contributed by atoms with van der Waals surface area (Å²) >= 11 is 7.58. The summed E-state index contributed by atoms with van der Waals surface area (Å²) in [5.74, 6) is 0.441. The van der Waals surface area contributed by atoms with E-state index in [-0.39, 0.29) is 29.8 Å². The number of amidine groups is 1. The van der Waals surface area contributed by atoms with Gasteiger partial charge in [-0.05, 0) is 37.0 Å². The third-order valence-electron chi connectivity index (χ3n) is 5.99. The number of hydrogen-bond donors (Lipinski definition) is 2. The van der Waals surface area contributed by atoms with Gasteiger partial charge in [-0.25, -0.2) is 4.99 Å². The molecule has 1 aromatic rings. The Morgan fingerprint density at radius 3 is 2.84 bits per heavy atom. The van der Waals surface area contributed by atoms with Crippen LogP contribution in [0.5, 0.6) is 0 Å². The van der Waals surface area contributed by atoms with E-state index in [1.165, 1.54) is 0 Å². The average Bonchev–Trinajstić information content (AvgIpc) is 3.49. The van der Waals surface area contributed by atoms with Crippen LogP contribution < -0.4 is 10.6 Å². The van der Waals surface area contributed by atoms with E-state index in [1.807, 2.05) is 6.07 Å². The second-order valence-electron chi connectivity index (χ2n) is 8.19. The van der Waals surface area contributed by atoms with Crippen LogP contribution in [0.1, 0.15) is 35.2 Å². The molecule has 4 rings (SSSR count). The average molecular weight is 481 g/mol. The van der Waals surface area contributed by atoms with Crippen molar-refractivity contribution < 1.29 is 19.1 Å². The molecule has 0 saturated carbocycles. The number of halogens is 1. The Balaban J connectivity index is 1.44. The topological polar surface area (TPSA) is 92.3 Å². The number of alkyl halides is 1. The molecule has 2 fully saturated rings. The van der Waals surface area contributed by atoms with Gasteiger partial charge in [-0.15, -0.1) is 11.6 Å². The number of benzene rings is 1. The molecule has 0 aliphatic carbocycles. The molecule has 0 spiro atoms. The summed E-state index contributed by atoms with van der Waals surface area (Å²) in [6, 6.07) is 4.88. The van der Waals surface area contributed by atoms with Crippen LogP contribution in [-0.4, -0.2) is 79.2 Å². The molecule has 2 atom stereocenters. The van der Waals surface area contributed by atoms with Crippen molar-refractivity contribution in [1.29, 1.82) is 0 Å². The maximum absolute atomic E-state index is 13.0. The van der Waals surface area contributed by atoms with E-state index in [0.29, 0.717) is 30.2 Å². The third kappa shape index (κ3) is 5.57. The van der Waals surface area contributed by atoms with Crippen molar-refractivity contribution in [3.8, 4) is 0 Å². The fraction of sp³-hybridized carbons (Fsp3) is 0.591. The largest absolute Gasteiger partial charge is 0.381 e. The number of rotatable bonds is 6. The number of thioether (sulfide) groups is 1. The summed E-state index contributed by atoms with van der Waals surface area (Å²) in [5, 5.41) is 6.87. The zero-order valence-corrected chi connectivity index (χ0v) is 19.7. The van der Waals surface area contributed by atoms with Crippen LogP contribution in [0.4, 0.5) is 5.69 Å².